The molecule has 17 heavy (non-hydrogen) atoms. The highest BCUT2D eigenvalue weighted by Gasteiger charge is 2.12. The second-order valence-electron chi connectivity index (χ2n) is 3.17. The molecule has 0 fully saturated rings. The Morgan fingerprint density at radius 3 is 2.94 bits per heavy atom. The molecule has 0 aliphatic rings. The van der Waals surface area contributed by atoms with Crippen LogP contribution in [-0.2, 0) is 0 Å². The fourth-order valence-corrected chi connectivity index (χ4v) is 1.22. The minimum Gasteiger partial charge on any atom is -0.398 e. The second-order valence-corrected chi connectivity index (χ2v) is 3.17. The van der Waals surface area contributed by atoms with Gasteiger partial charge in [-0.25, -0.2) is 0 Å². The minimum absolute atomic E-state index is 0.0337. The van der Waals surface area contributed by atoms with Crippen molar-refractivity contribution in [3.63, 3.8) is 0 Å². The lowest BCUT2D eigenvalue weighted by Gasteiger charge is -2.01. The predicted molar refractivity (Wildman–Crippen MR) is 63.1 cm³/mol. The van der Waals surface area contributed by atoms with Crippen molar-refractivity contribution in [1.82, 2.24) is 0 Å². The summed E-state index contributed by atoms with van der Waals surface area (Å²) in [6.07, 6.45) is 0. The summed E-state index contributed by atoms with van der Waals surface area (Å²) in [6, 6.07) is 2.81. The largest absolute Gasteiger partial charge is 0.398 e. The summed E-state index contributed by atoms with van der Waals surface area (Å²) < 4.78 is 0. The molecule has 2 N–H and O–H groups in total. The molecule has 0 amide bonds. The number of nitrogens with zero attached hydrogens (tertiary/aromatic N) is 4. The average Bonchev–Trinajstić information content (AvgIpc) is 2.28. The van der Waals surface area contributed by atoms with Crippen LogP contribution in [0.2, 0.25) is 0 Å². The van der Waals surface area contributed by atoms with E-state index in [4.69, 9.17) is 11.3 Å². The number of nitro groups is 1. The summed E-state index contributed by atoms with van der Waals surface area (Å²) >= 11 is 0. The van der Waals surface area contributed by atoms with E-state index < -0.39 is 4.92 Å². The van der Waals surface area contributed by atoms with E-state index >= 15 is 0 Å². The smallest absolute Gasteiger partial charge is 0.274 e. The molecule has 0 heterocycles. The van der Waals surface area contributed by atoms with Gasteiger partial charge < -0.3 is 5.73 Å². The molecule has 0 radical (unpaired) electrons. The third-order valence-electron chi connectivity index (χ3n) is 2.00. The Kier molecular flexibility index (Phi) is 3.92. The molecule has 7 heteroatoms. The van der Waals surface area contributed by atoms with Crippen LogP contribution in [0.3, 0.4) is 0 Å². The predicted octanol–water partition coefficient (Wildman–Crippen LogP) is 2.15. The van der Waals surface area contributed by atoms with Crippen LogP contribution in [0.15, 0.2) is 17.2 Å². The Labute approximate surface area is 97.0 Å². The van der Waals surface area contributed by atoms with E-state index in [-0.39, 0.29) is 17.9 Å². The van der Waals surface area contributed by atoms with Crippen molar-refractivity contribution in [2.45, 2.75) is 6.92 Å². The van der Waals surface area contributed by atoms with Gasteiger partial charge in [0, 0.05) is 22.1 Å². The van der Waals surface area contributed by atoms with E-state index in [0.29, 0.717) is 11.1 Å². The third kappa shape index (κ3) is 3.12. The van der Waals surface area contributed by atoms with Crippen molar-refractivity contribution >= 4 is 11.4 Å². The number of benzene rings is 1. The van der Waals surface area contributed by atoms with Gasteiger partial charge in [-0.3, -0.25) is 10.1 Å². The van der Waals surface area contributed by atoms with Gasteiger partial charge in [0.15, 0.2) is 0 Å². The number of aryl methyl sites for hydroxylation is 1. The van der Waals surface area contributed by atoms with Crippen molar-refractivity contribution in [3.8, 4) is 11.8 Å². The molecule has 7 nitrogen and oxygen atoms in total. The number of nitrogen functional groups attached to an aromatic ring is 1. The topological polar surface area (TPSA) is 118 Å². The van der Waals surface area contributed by atoms with Gasteiger partial charge in [0.1, 0.15) is 0 Å². The zero-order chi connectivity index (χ0) is 12.8. The van der Waals surface area contributed by atoms with E-state index in [1.54, 1.807) is 6.92 Å². The molecule has 1 aromatic rings. The first-order valence-electron chi connectivity index (χ1n) is 4.60. The molecule has 0 aliphatic carbocycles. The highest BCUT2D eigenvalue weighted by molar-refractivity contribution is 5.63. The molecule has 0 spiro atoms. The lowest BCUT2D eigenvalue weighted by Crippen LogP contribution is -1.97. The van der Waals surface area contributed by atoms with E-state index in [2.05, 4.69) is 21.9 Å². The van der Waals surface area contributed by atoms with Crippen LogP contribution >= 0.6 is 0 Å². The maximum absolute atomic E-state index is 10.6. The SMILES string of the molecule is Cc1cc(C#CCN=[N+]=[N-])c(N)cc1[N+](=O)[O-]. The molecule has 0 bridgehead atoms. The van der Waals surface area contributed by atoms with Gasteiger partial charge in [0.05, 0.1) is 17.2 Å². The van der Waals surface area contributed by atoms with Gasteiger partial charge in [-0.2, -0.15) is 0 Å². The molecule has 0 unspecified atom stereocenters. The lowest BCUT2D eigenvalue weighted by atomic mass is 10.1. The number of hydrogen-bond acceptors (Lipinski definition) is 4. The molecular formula is C10H9N5O2. The quantitative estimate of drug-likeness (QED) is 0.160. The summed E-state index contributed by atoms with van der Waals surface area (Å²) in [5, 5.41) is 13.9. The number of hydrogen-bond donors (Lipinski definition) is 1. The molecule has 0 aliphatic heterocycles. The maximum atomic E-state index is 10.6. The highest BCUT2D eigenvalue weighted by Crippen LogP contribution is 2.23. The molecule has 0 atom stereocenters. The first-order valence-corrected chi connectivity index (χ1v) is 4.60. The van der Waals surface area contributed by atoms with Crippen LogP contribution in [0, 0.1) is 28.9 Å². The zero-order valence-electron chi connectivity index (χ0n) is 9.04. The van der Waals surface area contributed by atoms with E-state index in [1.807, 2.05) is 0 Å². The van der Waals surface area contributed by atoms with Gasteiger partial charge >= 0.3 is 0 Å². The van der Waals surface area contributed by atoms with Crippen LogP contribution in [0.5, 0.6) is 0 Å². The molecule has 0 saturated carbocycles. The second kappa shape index (κ2) is 5.39. The van der Waals surface area contributed by atoms with Gasteiger partial charge in [0.2, 0.25) is 0 Å². The molecular weight excluding hydrogens is 222 g/mol. The van der Waals surface area contributed by atoms with Crippen molar-refractivity contribution in [3.05, 3.63) is 43.8 Å². The van der Waals surface area contributed by atoms with Gasteiger partial charge in [-0.15, -0.1) is 0 Å². The number of nitrogens with two attached hydrogens (primary N) is 1. The number of anilines is 1. The summed E-state index contributed by atoms with van der Waals surface area (Å²) in [7, 11) is 0. The van der Waals surface area contributed by atoms with E-state index in [1.165, 1.54) is 12.1 Å². The van der Waals surface area contributed by atoms with E-state index in [0.717, 1.165) is 0 Å². The summed E-state index contributed by atoms with van der Waals surface area (Å²) in [5.41, 5.74) is 14.8. The molecule has 1 rings (SSSR count). The Hall–Kier alpha value is -2.71. The number of nitro benzene ring substituents is 1. The Morgan fingerprint density at radius 1 is 1.65 bits per heavy atom. The maximum Gasteiger partial charge on any atom is 0.274 e. The van der Waals surface area contributed by atoms with Gasteiger partial charge in [0.25, 0.3) is 5.69 Å². The highest BCUT2D eigenvalue weighted by atomic mass is 16.6. The van der Waals surface area contributed by atoms with Crippen LogP contribution in [0.4, 0.5) is 11.4 Å². The van der Waals surface area contributed by atoms with Crippen LogP contribution < -0.4 is 5.73 Å². The fourth-order valence-electron chi connectivity index (χ4n) is 1.22. The molecule has 0 aromatic heterocycles. The molecule has 1 aromatic carbocycles. The molecule has 0 saturated heterocycles. The number of rotatable bonds is 2. The Morgan fingerprint density at radius 2 is 2.35 bits per heavy atom. The van der Waals surface area contributed by atoms with Crippen molar-refractivity contribution in [2.75, 3.05) is 12.3 Å². The summed E-state index contributed by atoms with van der Waals surface area (Å²) in [5.74, 6) is 5.29. The standard InChI is InChI=1S/C10H9N5O2/c1-7-5-8(3-2-4-13-14-12)9(11)6-10(7)15(16)17/h5-6H,4,11H2,1H3. The van der Waals surface area contributed by atoms with Crippen LogP contribution in [0.1, 0.15) is 11.1 Å². The Bertz CT molecular complexity index is 564. The lowest BCUT2D eigenvalue weighted by molar-refractivity contribution is -0.385. The van der Waals surface area contributed by atoms with Crippen LogP contribution in [-0.4, -0.2) is 11.5 Å². The van der Waals surface area contributed by atoms with Gasteiger partial charge in [-0.05, 0) is 18.5 Å². The first kappa shape index (κ1) is 12.4. The first-order chi connectivity index (χ1) is 8.06. The number of azide groups is 1. The monoisotopic (exact) mass is 231 g/mol. The van der Waals surface area contributed by atoms with Gasteiger partial charge in [-0.1, -0.05) is 17.0 Å². The van der Waals surface area contributed by atoms with E-state index in [9.17, 15) is 10.1 Å². The molecule has 86 valence electrons. The van der Waals surface area contributed by atoms with Crippen molar-refractivity contribution in [1.29, 1.82) is 0 Å². The summed E-state index contributed by atoms with van der Waals surface area (Å²) in [4.78, 5) is 12.7. The zero-order valence-corrected chi connectivity index (χ0v) is 9.04. The average molecular weight is 231 g/mol. The fraction of sp³-hybridized carbons (Fsp3) is 0.200. The van der Waals surface area contributed by atoms with Crippen molar-refractivity contribution < 1.29 is 4.92 Å². The Balaban J connectivity index is 3.10. The normalized spacial score (nSPS) is 8.76. The third-order valence-corrected chi connectivity index (χ3v) is 2.00. The minimum atomic E-state index is -0.497. The van der Waals surface area contributed by atoms with Crippen LogP contribution in [0.25, 0.3) is 10.4 Å². The van der Waals surface area contributed by atoms with Crippen molar-refractivity contribution in [2.24, 2.45) is 5.11 Å². The summed E-state index contributed by atoms with van der Waals surface area (Å²) in [6.45, 7) is 1.64.